The van der Waals surface area contributed by atoms with E-state index >= 15 is 0 Å². The lowest BCUT2D eigenvalue weighted by molar-refractivity contribution is -0.125. The van der Waals surface area contributed by atoms with Gasteiger partial charge in [0, 0.05) is 13.1 Å². The first kappa shape index (κ1) is 11.1. The summed E-state index contributed by atoms with van der Waals surface area (Å²) in [5, 5.41) is 13.3. The summed E-state index contributed by atoms with van der Waals surface area (Å²) in [6.45, 7) is 1.76. The van der Waals surface area contributed by atoms with E-state index in [9.17, 15) is 9.59 Å². The third-order valence-corrected chi connectivity index (χ3v) is 2.92. The van der Waals surface area contributed by atoms with Gasteiger partial charge in [-0.15, -0.1) is 5.10 Å². The summed E-state index contributed by atoms with van der Waals surface area (Å²) < 4.78 is 1.65. The van der Waals surface area contributed by atoms with Gasteiger partial charge in [0.25, 0.3) is 11.8 Å². The van der Waals surface area contributed by atoms with Crippen molar-refractivity contribution in [2.75, 3.05) is 19.7 Å². The molecule has 2 saturated heterocycles. The zero-order valence-corrected chi connectivity index (χ0v) is 9.42. The van der Waals surface area contributed by atoms with Gasteiger partial charge in [-0.1, -0.05) is 5.21 Å². The molecular formula is C9H12N6O3. The first-order valence-electron chi connectivity index (χ1n) is 5.59. The molecule has 0 unspecified atom stereocenters. The summed E-state index contributed by atoms with van der Waals surface area (Å²) in [5.74, 6) is -0.793. The molecule has 0 radical (unpaired) electrons. The number of carbonyl (C=O) groups is 2. The van der Waals surface area contributed by atoms with Crippen molar-refractivity contribution in [2.45, 2.75) is 12.1 Å². The minimum Gasteiger partial charge on any atom is -0.337 e. The number of carbonyl (C=O) groups excluding carboxylic acids is 2. The molecule has 0 aromatic carbocycles. The van der Waals surface area contributed by atoms with Crippen LogP contribution in [0.5, 0.6) is 0 Å². The van der Waals surface area contributed by atoms with Crippen molar-refractivity contribution < 1.29 is 14.4 Å². The molecule has 1 aromatic rings. The molecule has 96 valence electrons. The predicted molar refractivity (Wildman–Crippen MR) is 57.3 cm³/mol. The van der Waals surface area contributed by atoms with E-state index in [0.29, 0.717) is 0 Å². The summed E-state index contributed by atoms with van der Waals surface area (Å²) in [4.78, 5) is 27.7. The van der Waals surface area contributed by atoms with Crippen molar-refractivity contribution in [2.24, 2.45) is 0 Å². The molecule has 2 aliphatic rings. The van der Waals surface area contributed by atoms with Crippen molar-refractivity contribution in [1.82, 2.24) is 31.1 Å². The van der Waals surface area contributed by atoms with Crippen LogP contribution in [-0.2, 0) is 9.63 Å². The van der Waals surface area contributed by atoms with Crippen molar-refractivity contribution in [3.05, 3.63) is 11.9 Å². The van der Waals surface area contributed by atoms with Gasteiger partial charge in [-0.2, -0.15) is 0 Å². The molecule has 0 spiro atoms. The normalized spacial score (nSPS) is 23.6. The summed E-state index contributed by atoms with van der Waals surface area (Å²) in [5.41, 5.74) is 2.36. The highest BCUT2D eigenvalue weighted by Crippen LogP contribution is 2.09. The van der Waals surface area contributed by atoms with Gasteiger partial charge in [0.15, 0.2) is 5.69 Å². The average Bonchev–Trinajstić information content (AvgIpc) is 2.87. The number of aromatic nitrogens is 3. The topological polar surface area (TPSA) is 110 Å². The molecule has 0 saturated carbocycles. The third kappa shape index (κ3) is 1.93. The van der Waals surface area contributed by atoms with Gasteiger partial charge in [-0.25, -0.2) is 10.2 Å². The van der Waals surface area contributed by atoms with Crippen LogP contribution in [0.1, 0.15) is 16.5 Å². The van der Waals surface area contributed by atoms with Gasteiger partial charge in [0.05, 0.1) is 12.2 Å². The maximum absolute atomic E-state index is 11.8. The Kier molecular flexibility index (Phi) is 2.68. The second-order valence-corrected chi connectivity index (χ2v) is 4.20. The molecule has 2 fully saturated rings. The van der Waals surface area contributed by atoms with Crippen LogP contribution in [0.3, 0.4) is 0 Å². The van der Waals surface area contributed by atoms with E-state index in [-0.39, 0.29) is 24.2 Å². The van der Waals surface area contributed by atoms with Crippen LogP contribution in [-0.4, -0.2) is 52.5 Å². The summed E-state index contributed by atoms with van der Waals surface area (Å²) >= 11 is 0. The maximum atomic E-state index is 11.8. The van der Waals surface area contributed by atoms with Crippen LogP contribution in [0.15, 0.2) is 6.20 Å². The summed E-state index contributed by atoms with van der Waals surface area (Å²) in [6, 6.07) is -0.426. The van der Waals surface area contributed by atoms with Crippen LogP contribution >= 0.6 is 0 Å². The Balaban J connectivity index is 1.64. The number of hydrogen-bond acceptors (Lipinski definition) is 6. The van der Waals surface area contributed by atoms with E-state index in [1.807, 2.05) is 0 Å². The van der Waals surface area contributed by atoms with Crippen LogP contribution in [0.2, 0.25) is 0 Å². The standard InChI is InChI=1S/C9H12N6O3/c16-8(11-7-4-18-13-9(7)17)6-3-15(14-12-6)5-1-10-2-5/h3,5,7,10H,1-2,4H2,(H,11,16)(H,13,17)/t7-/m1/s1. The van der Waals surface area contributed by atoms with Gasteiger partial charge >= 0.3 is 0 Å². The molecule has 9 nitrogen and oxygen atoms in total. The number of nitrogens with zero attached hydrogens (tertiary/aromatic N) is 3. The van der Waals surface area contributed by atoms with Crippen molar-refractivity contribution in [3.8, 4) is 0 Å². The predicted octanol–water partition coefficient (Wildman–Crippen LogP) is -2.42. The first-order valence-corrected chi connectivity index (χ1v) is 5.59. The fourth-order valence-electron chi connectivity index (χ4n) is 1.70. The quantitative estimate of drug-likeness (QED) is 0.552. The largest absolute Gasteiger partial charge is 0.337 e. The number of amides is 2. The number of hydroxylamine groups is 1. The van der Waals surface area contributed by atoms with Crippen LogP contribution in [0.4, 0.5) is 0 Å². The molecule has 1 atom stereocenters. The molecule has 3 N–H and O–H groups in total. The first-order chi connectivity index (χ1) is 8.74. The fraction of sp³-hybridized carbons (Fsp3) is 0.556. The molecule has 2 amide bonds. The Hall–Kier alpha value is -2.00. The van der Waals surface area contributed by atoms with E-state index in [1.54, 1.807) is 10.9 Å². The monoisotopic (exact) mass is 252 g/mol. The van der Waals surface area contributed by atoms with Gasteiger partial charge < -0.3 is 10.6 Å². The summed E-state index contributed by atoms with van der Waals surface area (Å²) in [6.07, 6.45) is 1.58. The maximum Gasteiger partial charge on any atom is 0.274 e. The SMILES string of the molecule is O=C(N[C@@H]1CONC1=O)c1cn(C2CNC2)nn1. The number of hydrogen-bond donors (Lipinski definition) is 3. The Morgan fingerprint density at radius 2 is 2.39 bits per heavy atom. The Labute approximate surface area is 102 Å². The minimum atomic E-state index is -0.673. The number of nitrogens with one attached hydrogen (secondary N) is 3. The Morgan fingerprint density at radius 1 is 1.56 bits per heavy atom. The highest BCUT2D eigenvalue weighted by molar-refractivity contribution is 5.96. The van der Waals surface area contributed by atoms with Crippen LogP contribution in [0.25, 0.3) is 0 Å². The molecule has 2 aliphatic heterocycles. The Morgan fingerprint density at radius 3 is 3.00 bits per heavy atom. The minimum absolute atomic E-state index is 0.116. The van der Waals surface area contributed by atoms with Crippen molar-refractivity contribution in [1.29, 1.82) is 0 Å². The fourth-order valence-corrected chi connectivity index (χ4v) is 1.70. The molecule has 3 heterocycles. The molecule has 3 rings (SSSR count). The van der Waals surface area contributed by atoms with Gasteiger partial charge in [0.1, 0.15) is 12.6 Å². The molecule has 18 heavy (non-hydrogen) atoms. The van der Waals surface area contributed by atoms with Gasteiger partial charge in [-0.3, -0.25) is 14.4 Å². The van der Waals surface area contributed by atoms with E-state index in [0.717, 1.165) is 13.1 Å². The zero-order chi connectivity index (χ0) is 12.5. The molecule has 1 aromatic heterocycles. The number of rotatable bonds is 3. The van der Waals surface area contributed by atoms with Crippen molar-refractivity contribution in [3.63, 3.8) is 0 Å². The van der Waals surface area contributed by atoms with E-state index in [4.69, 9.17) is 4.84 Å². The highest BCUT2D eigenvalue weighted by Gasteiger charge is 2.29. The van der Waals surface area contributed by atoms with Gasteiger partial charge in [0.2, 0.25) is 0 Å². The average molecular weight is 252 g/mol. The van der Waals surface area contributed by atoms with Crippen LogP contribution in [0, 0.1) is 0 Å². The second kappa shape index (κ2) is 4.35. The lowest BCUT2D eigenvalue weighted by Gasteiger charge is -2.26. The molecule has 0 aliphatic carbocycles. The highest BCUT2D eigenvalue weighted by atomic mass is 16.7. The van der Waals surface area contributed by atoms with Gasteiger partial charge in [-0.05, 0) is 0 Å². The van der Waals surface area contributed by atoms with Crippen molar-refractivity contribution >= 4 is 11.8 Å². The Bertz CT molecular complexity index is 482. The second-order valence-electron chi connectivity index (χ2n) is 4.20. The smallest absolute Gasteiger partial charge is 0.274 e. The summed E-state index contributed by atoms with van der Waals surface area (Å²) in [7, 11) is 0. The lowest BCUT2D eigenvalue weighted by Crippen LogP contribution is -2.43. The van der Waals surface area contributed by atoms with E-state index in [2.05, 4.69) is 26.4 Å². The molecular weight excluding hydrogens is 240 g/mol. The molecule has 0 bridgehead atoms. The van der Waals surface area contributed by atoms with Crippen LogP contribution < -0.4 is 16.1 Å². The lowest BCUT2D eigenvalue weighted by atomic mass is 10.2. The van der Waals surface area contributed by atoms with E-state index < -0.39 is 11.9 Å². The zero-order valence-electron chi connectivity index (χ0n) is 9.42. The molecule has 9 heteroatoms. The third-order valence-electron chi connectivity index (χ3n) is 2.92. The van der Waals surface area contributed by atoms with E-state index in [1.165, 1.54) is 0 Å².